The van der Waals surface area contributed by atoms with E-state index >= 15 is 0 Å². The van der Waals surface area contributed by atoms with Crippen molar-refractivity contribution in [3.05, 3.63) is 51.9 Å². The molecule has 0 fully saturated rings. The molecule has 4 rings (SSSR count). The van der Waals surface area contributed by atoms with Gasteiger partial charge < -0.3 is 9.32 Å². The lowest BCUT2D eigenvalue weighted by atomic mass is 9.86. The van der Waals surface area contributed by atoms with Crippen molar-refractivity contribution >= 4 is 45.3 Å². The summed E-state index contributed by atoms with van der Waals surface area (Å²) in [6.45, 7) is 7.31. The van der Waals surface area contributed by atoms with Crippen LogP contribution < -0.4 is 10.5 Å². The molecule has 0 bridgehead atoms. The molecule has 28 heavy (non-hydrogen) atoms. The largest absolute Gasteiger partial charge is 0.422 e. The third kappa shape index (κ3) is 2.64. The van der Waals surface area contributed by atoms with Crippen LogP contribution in [0.2, 0.25) is 0 Å². The number of Topliss-reactive ketones (excluding diaryl/α,β-unsaturated/α-hetero) is 1. The standard InChI is InChI=1S/C22H20N2O4/c1-4-24(5-2)14-7-9-15-13(10-14)6-8-16-19-17(22(27)28-20(15)16)11-23-21(26)18(19)12(3)25/h6-11,18H,4-5H2,1-3H3. The number of nitrogens with zero attached hydrogens (tertiary/aromatic N) is 2. The van der Waals surface area contributed by atoms with Gasteiger partial charge in [0.15, 0.2) is 0 Å². The van der Waals surface area contributed by atoms with E-state index in [4.69, 9.17) is 4.42 Å². The number of anilines is 1. The van der Waals surface area contributed by atoms with Gasteiger partial charge >= 0.3 is 5.63 Å². The lowest BCUT2D eigenvalue weighted by Gasteiger charge is -2.22. The van der Waals surface area contributed by atoms with E-state index in [1.165, 1.54) is 13.1 Å². The second-order valence-electron chi connectivity index (χ2n) is 6.88. The number of amides is 1. The summed E-state index contributed by atoms with van der Waals surface area (Å²) in [5, 5.41) is 2.29. The Labute approximate surface area is 161 Å². The van der Waals surface area contributed by atoms with Crippen LogP contribution in [0.1, 0.15) is 37.8 Å². The van der Waals surface area contributed by atoms with Gasteiger partial charge in [0.1, 0.15) is 17.3 Å². The Kier molecular flexibility index (Phi) is 4.34. The zero-order valence-electron chi connectivity index (χ0n) is 16.0. The van der Waals surface area contributed by atoms with Gasteiger partial charge in [0, 0.05) is 35.8 Å². The fourth-order valence-electron chi connectivity index (χ4n) is 3.94. The molecule has 2 aromatic carbocycles. The molecule has 0 spiro atoms. The molecule has 1 atom stereocenters. The van der Waals surface area contributed by atoms with Crippen LogP contribution in [0, 0.1) is 0 Å². The van der Waals surface area contributed by atoms with Crippen molar-refractivity contribution in [2.45, 2.75) is 26.7 Å². The summed E-state index contributed by atoms with van der Waals surface area (Å²) in [7, 11) is 0. The Balaban J connectivity index is 2.05. The number of aliphatic imine (C=N–C) groups is 1. The smallest absolute Gasteiger partial charge is 0.345 e. The van der Waals surface area contributed by atoms with Crippen molar-refractivity contribution in [2.24, 2.45) is 4.99 Å². The summed E-state index contributed by atoms with van der Waals surface area (Å²) in [6, 6.07) is 9.70. The van der Waals surface area contributed by atoms with Gasteiger partial charge in [-0.1, -0.05) is 12.1 Å². The second kappa shape index (κ2) is 6.71. The van der Waals surface area contributed by atoms with Crippen LogP contribution in [-0.4, -0.2) is 31.0 Å². The molecule has 1 aromatic heterocycles. The molecule has 1 aliphatic heterocycles. The van der Waals surface area contributed by atoms with E-state index in [1.807, 2.05) is 24.3 Å². The molecule has 0 saturated heterocycles. The number of ketones is 1. The van der Waals surface area contributed by atoms with Crippen molar-refractivity contribution in [3.63, 3.8) is 0 Å². The maximum atomic E-state index is 12.6. The van der Waals surface area contributed by atoms with Crippen molar-refractivity contribution in [2.75, 3.05) is 18.0 Å². The van der Waals surface area contributed by atoms with Gasteiger partial charge in [-0.25, -0.2) is 9.79 Å². The minimum atomic E-state index is -1.07. The van der Waals surface area contributed by atoms with Gasteiger partial charge in [0.2, 0.25) is 0 Å². The van der Waals surface area contributed by atoms with E-state index < -0.39 is 17.5 Å². The second-order valence-corrected chi connectivity index (χ2v) is 6.88. The first-order valence-corrected chi connectivity index (χ1v) is 9.33. The van der Waals surface area contributed by atoms with E-state index in [2.05, 4.69) is 29.8 Å². The Morgan fingerprint density at radius 1 is 1.11 bits per heavy atom. The fourth-order valence-corrected chi connectivity index (χ4v) is 3.94. The highest BCUT2D eigenvalue weighted by Crippen LogP contribution is 2.35. The van der Waals surface area contributed by atoms with Crippen molar-refractivity contribution in [1.29, 1.82) is 0 Å². The highest BCUT2D eigenvalue weighted by atomic mass is 16.4. The molecule has 0 aliphatic carbocycles. The highest BCUT2D eigenvalue weighted by Gasteiger charge is 2.34. The molecule has 0 saturated carbocycles. The minimum absolute atomic E-state index is 0.173. The molecule has 0 N–H and O–H groups in total. The van der Waals surface area contributed by atoms with Crippen LogP contribution in [-0.2, 0) is 9.59 Å². The minimum Gasteiger partial charge on any atom is -0.422 e. The first-order chi connectivity index (χ1) is 13.5. The quantitative estimate of drug-likeness (QED) is 0.396. The van der Waals surface area contributed by atoms with Crippen LogP contribution in [0.5, 0.6) is 0 Å². The lowest BCUT2D eigenvalue weighted by molar-refractivity contribution is -0.127. The molecule has 3 aromatic rings. The van der Waals surface area contributed by atoms with Gasteiger partial charge in [-0.05, 0) is 49.9 Å². The van der Waals surface area contributed by atoms with E-state index in [0.717, 1.165) is 29.5 Å². The molecular weight excluding hydrogens is 356 g/mol. The van der Waals surface area contributed by atoms with Gasteiger partial charge in [0.25, 0.3) is 5.91 Å². The van der Waals surface area contributed by atoms with Crippen molar-refractivity contribution in [3.8, 4) is 0 Å². The number of hydrogen-bond donors (Lipinski definition) is 0. The summed E-state index contributed by atoms with van der Waals surface area (Å²) in [5.41, 5.74) is 1.45. The first-order valence-electron chi connectivity index (χ1n) is 9.33. The van der Waals surface area contributed by atoms with Gasteiger partial charge in [-0.2, -0.15) is 0 Å². The molecule has 2 heterocycles. The first kappa shape index (κ1) is 18.1. The monoisotopic (exact) mass is 376 g/mol. The lowest BCUT2D eigenvalue weighted by Crippen LogP contribution is -2.27. The number of hydrogen-bond acceptors (Lipinski definition) is 5. The van der Waals surface area contributed by atoms with Crippen LogP contribution in [0.3, 0.4) is 0 Å². The van der Waals surface area contributed by atoms with Crippen LogP contribution >= 0.6 is 0 Å². The number of carbonyl (C=O) groups is 2. The maximum absolute atomic E-state index is 12.6. The van der Waals surface area contributed by atoms with Gasteiger partial charge in [-0.3, -0.25) is 9.59 Å². The van der Waals surface area contributed by atoms with Crippen molar-refractivity contribution < 1.29 is 14.0 Å². The van der Waals surface area contributed by atoms with E-state index in [0.29, 0.717) is 16.5 Å². The van der Waals surface area contributed by atoms with E-state index in [9.17, 15) is 14.4 Å². The van der Waals surface area contributed by atoms with Crippen LogP contribution in [0.4, 0.5) is 5.69 Å². The molecule has 6 nitrogen and oxygen atoms in total. The zero-order valence-corrected chi connectivity index (χ0v) is 16.0. The topological polar surface area (TPSA) is 80.0 Å². The zero-order chi connectivity index (χ0) is 20.0. The molecule has 0 radical (unpaired) electrons. The van der Waals surface area contributed by atoms with E-state index in [1.54, 1.807) is 0 Å². The average Bonchev–Trinajstić information content (AvgIpc) is 2.68. The molecule has 1 amide bonds. The maximum Gasteiger partial charge on any atom is 0.345 e. The Bertz CT molecular complexity index is 1220. The number of fused-ring (bicyclic) bond motifs is 5. The fraction of sp³-hybridized carbons (Fsp3) is 0.273. The predicted molar refractivity (Wildman–Crippen MR) is 110 cm³/mol. The summed E-state index contributed by atoms with van der Waals surface area (Å²) in [5.74, 6) is -1.96. The SMILES string of the molecule is CCN(CC)c1ccc2c(ccc3c4c(c(=O)oc32)C=NC(=O)C4C(C)=O)c1. The van der Waals surface area contributed by atoms with E-state index in [-0.39, 0.29) is 11.3 Å². The van der Waals surface area contributed by atoms with Crippen LogP contribution in [0.25, 0.3) is 21.7 Å². The number of carbonyl (C=O) groups excluding carboxylic acids is 2. The molecule has 1 unspecified atom stereocenters. The molecule has 6 heteroatoms. The highest BCUT2D eigenvalue weighted by molar-refractivity contribution is 6.17. The number of rotatable bonds is 4. The number of benzene rings is 2. The summed E-state index contributed by atoms with van der Waals surface area (Å²) < 4.78 is 5.61. The Hall–Kier alpha value is -3.28. The normalized spacial score (nSPS) is 15.8. The molecule has 1 aliphatic rings. The summed E-state index contributed by atoms with van der Waals surface area (Å²) in [4.78, 5) is 42.9. The van der Waals surface area contributed by atoms with Gasteiger partial charge in [-0.15, -0.1) is 0 Å². The third-order valence-electron chi connectivity index (χ3n) is 5.34. The van der Waals surface area contributed by atoms with Crippen LogP contribution in [0.15, 0.2) is 44.5 Å². The average molecular weight is 376 g/mol. The predicted octanol–water partition coefficient (Wildman–Crippen LogP) is 3.42. The molecular formula is C22H20N2O4. The van der Waals surface area contributed by atoms with Crippen molar-refractivity contribution in [1.82, 2.24) is 0 Å². The molecule has 142 valence electrons. The third-order valence-corrected chi connectivity index (χ3v) is 5.34. The Morgan fingerprint density at radius 3 is 2.50 bits per heavy atom. The Morgan fingerprint density at radius 2 is 1.82 bits per heavy atom. The summed E-state index contributed by atoms with van der Waals surface area (Å²) in [6.07, 6.45) is 1.20. The van der Waals surface area contributed by atoms with Gasteiger partial charge in [0.05, 0.1) is 5.56 Å². The summed E-state index contributed by atoms with van der Waals surface area (Å²) >= 11 is 0.